The van der Waals surface area contributed by atoms with Crippen molar-refractivity contribution in [3.05, 3.63) is 45.7 Å². The molecule has 2 amide bonds. The third kappa shape index (κ3) is 3.89. The Morgan fingerprint density at radius 2 is 1.88 bits per heavy atom. The fourth-order valence-electron chi connectivity index (χ4n) is 6.40. The van der Waals surface area contributed by atoms with Gasteiger partial charge in [0.15, 0.2) is 17.1 Å². The van der Waals surface area contributed by atoms with Crippen LogP contribution in [0, 0.1) is 17.7 Å². The number of Topliss-reactive ketones (excluding diaryl/α,β-unsaturated/α-hetero) is 2. The molecule has 1 aromatic carbocycles. The lowest BCUT2D eigenvalue weighted by Gasteiger charge is -2.50. The van der Waals surface area contributed by atoms with Crippen molar-refractivity contribution in [2.45, 2.75) is 30.7 Å². The SMILES string of the molecule is CN(C)[C@@H]1C(O)=C(C(N)=O)C(=O)[C@@]2(O)C(O)=C3C(=O)c4c(O)c(NC(=O)CN5CC(F)C5)cc(F)c4C[C@H]3C[C@@H]12. The number of nitrogens with one attached hydrogen (secondary N) is 1. The number of hydrogen-bond acceptors (Lipinski definition) is 10. The van der Waals surface area contributed by atoms with Gasteiger partial charge in [0, 0.05) is 36.2 Å². The van der Waals surface area contributed by atoms with E-state index in [9.17, 15) is 44.0 Å². The number of hydrogen-bond donors (Lipinski definition) is 6. The summed E-state index contributed by atoms with van der Waals surface area (Å²) < 4.78 is 28.3. The third-order valence-corrected chi connectivity index (χ3v) is 8.22. The van der Waals surface area contributed by atoms with Crippen LogP contribution in [-0.4, -0.2) is 105 Å². The van der Waals surface area contributed by atoms with Gasteiger partial charge in [0.2, 0.25) is 11.7 Å². The van der Waals surface area contributed by atoms with Crippen molar-refractivity contribution in [3.63, 3.8) is 0 Å². The number of phenolic OH excluding ortho intramolecular Hbond substituents is 1. The van der Waals surface area contributed by atoms with Crippen molar-refractivity contribution in [3.8, 4) is 5.75 Å². The number of rotatable bonds is 5. The zero-order valence-electron chi connectivity index (χ0n) is 21.6. The number of likely N-dealkylation sites (N-methyl/N-ethyl adjacent to an activating group) is 1. The van der Waals surface area contributed by atoms with E-state index in [-0.39, 0.29) is 38.0 Å². The van der Waals surface area contributed by atoms with Gasteiger partial charge in [-0.3, -0.25) is 29.0 Å². The van der Waals surface area contributed by atoms with Crippen molar-refractivity contribution in [1.82, 2.24) is 9.80 Å². The minimum atomic E-state index is -2.82. The number of carbonyl (C=O) groups is 4. The maximum Gasteiger partial charge on any atom is 0.255 e. The van der Waals surface area contributed by atoms with Gasteiger partial charge in [-0.25, -0.2) is 8.78 Å². The summed E-state index contributed by atoms with van der Waals surface area (Å²) in [7, 11) is 3.00. The molecule has 214 valence electrons. The summed E-state index contributed by atoms with van der Waals surface area (Å²) in [6, 6.07) is -0.318. The minimum Gasteiger partial charge on any atom is -0.510 e. The molecule has 1 aromatic rings. The Bertz CT molecular complexity index is 1430. The van der Waals surface area contributed by atoms with E-state index in [1.54, 1.807) is 0 Å². The van der Waals surface area contributed by atoms with Crippen molar-refractivity contribution < 1.29 is 48.4 Å². The minimum absolute atomic E-state index is 0.0486. The molecule has 3 aliphatic carbocycles. The highest BCUT2D eigenvalue weighted by molar-refractivity contribution is 6.25. The van der Waals surface area contributed by atoms with Crippen LogP contribution < -0.4 is 11.1 Å². The number of primary amides is 1. The number of carbonyl (C=O) groups excluding carboxylic acids is 4. The Balaban J connectivity index is 1.57. The van der Waals surface area contributed by atoms with Crippen molar-refractivity contribution in [1.29, 1.82) is 0 Å². The standard InChI is InChI=1S/C26H28F2N4O8/c1-31(2)19-12-4-9-3-11-13(28)5-14(30-15(33)8-32-6-10(27)7-32)20(34)17(11)21(35)16(9)23(37)26(12,40)24(38)18(22(19)36)25(29)39/h5,9-10,12,19,34,36-37,40H,3-4,6-8H2,1-2H3,(H2,29,39)(H,30,33)/t9-,12-,19-,26-/m0/s1. The second-order valence-electron chi connectivity index (χ2n) is 10.9. The predicted octanol–water partition coefficient (Wildman–Crippen LogP) is -0.148. The molecule has 4 atom stereocenters. The zero-order chi connectivity index (χ0) is 29.4. The van der Waals surface area contributed by atoms with Gasteiger partial charge in [0.1, 0.15) is 29.1 Å². The number of fused-ring (bicyclic) bond motifs is 3. The van der Waals surface area contributed by atoms with Gasteiger partial charge in [-0.1, -0.05) is 0 Å². The van der Waals surface area contributed by atoms with Gasteiger partial charge in [-0.05, 0) is 32.9 Å². The van der Waals surface area contributed by atoms with E-state index in [0.29, 0.717) is 0 Å². The van der Waals surface area contributed by atoms with Gasteiger partial charge < -0.3 is 31.5 Å². The van der Waals surface area contributed by atoms with E-state index >= 15 is 4.39 Å². The van der Waals surface area contributed by atoms with Gasteiger partial charge in [-0.15, -0.1) is 0 Å². The van der Waals surface area contributed by atoms with Crippen molar-refractivity contribution >= 4 is 29.1 Å². The molecule has 7 N–H and O–H groups in total. The molecule has 0 radical (unpaired) electrons. The molecule has 1 heterocycles. The fraction of sp³-hybridized carbons (Fsp3) is 0.462. The summed E-state index contributed by atoms with van der Waals surface area (Å²) in [5.41, 5.74) is -0.103. The van der Waals surface area contributed by atoms with Gasteiger partial charge in [0.25, 0.3) is 5.91 Å². The molecule has 0 bridgehead atoms. The molecular formula is C26H28F2N4O8. The fourth-order valence-corrected chi connectivity index (χ4v) is 6.40. The maximum absolute atomic E-state index is 15.3. The molecule has 0 saturated carbocycles. The Labute approximate surface area is 226 Å². The summed E-state index contributed by atoms with van der Waals surface area (Å²) in [5, 5.41) is 46.8. The van der Waals surface area contributed by atoms with E-state index in [4.69, 9.17) is 5.73 Å². The van der Waals surface area contributed by atoms with Gasteiger partial charge in [0.05, 0.1) is 23.8 Å². The van der Waals surface area contributed by atoms with E-state index < -0.39 is 98.5 Å². The summed E-state index contributed by atoms with van der Waals surface area (Å²) in [4.78, 5) is 54.3. The van der Waals surface area contributed by atoms with Crippen LogP contribution >= 0.6 is 0 Å². The Morgan fingerprint density at radius 3 is 2.45 bits per heavy atom. The number of ketones is 2. The first-order valence-electron chi connectivity index (χ1n) is 12.5. The van der Waals surface area contributed by atoms with Crippen LogP contribution in [0.4, 0.5) is 14.5 Å². The number of amides is 2. The number of alkyl halides is 1. The first-order chi connectivity index (χ1) is 18.7. The maximum atomic E-state index is 15.3. The molecule has 1 saturated heterocycles. The summed E-state index contributed by atoms with van der Waals surface area (Å²) in [6.07, 6.45) is -1.47. The molecule has 0 aromatic heterocycles. The molecule has 4 aliphatic rings. The number of benzene rings is 1. The lowest BCUT2D eigenvalue weighted by atomic mass is 9.58. The molecule has 12 nitrogen and oxygen atoms in total. The second kappa shape index (κ2) is 9.35. The van der Waals surface area contributed by atoms with Gasteiger partial charge >= 0.3 is 0 Å². The van der Waals surface area contributed by atoms with E-state index in [1.165, 1.54) is 23.9 Å². The lowest BCUT2D eigenvalue weighted by Crippen LogP contribution is -2.63. The summed E-state index contributed by atoms with van der Waals surface area (Å²) >= 11 is 0. The highest BCUT2D eigenvalue weighted by atomic mass is 19.1. The van der Waals surface area contributed by atoms with Crippen LogP contribution in [0.5, 0.6) is 5.75 Å². The quantitative estimate of drug-likeness (QED) is 0.208. The zero-order valence-corrected chi connectivity index (χ0v) is 21.6. The van der Waals surface area contributed by atoms with Crippen LogP contribution in [0.3, 0.4) is 0 Å². The number of aromatic hydroxyl groups is 1. The molecule has 14 heteroatoms. The van der Waals surface area contributed by atoms with Crippen LogP contribution in [0.15, 0.2) is 28.7 Å². The number of nitrogens with two attached hydrogens (primary N) is 1. The molecule has 0 spiro atoms. The molecule has 0 unspecified atom stereocenters. The smallest absolute Gasteiger partial charge is 0.255 e. The van der Waals surface area contributed by atoms with E-state index in [2.05, 4.69) is 5.32 Å². The number of allylic oxidation sites excluding steroid dienone is 1. The number of aliphatic hydroxyl groups is 3. The molecule has 1 aliphatic heterocycles. The summed E-state index contributed by atoms with van der Waals surface area (Å²) in [6.45, 7) is -0.132. The monoisotopic (exact) mass is 562 g/mol. The largest absolute Gasteiger partial charge is 0.510 e. The van der Waals surface area contributed by atoms with E-state index in [1.807, 2.05) is 0 Å². The molecule has 5 rings (SSSR count). The highest BCUT2D eigenvalue weighted by Gasteiger charge is 2.63. The number of aliphatic hydroxyl groups excluding tert-OH is 2. The average molecular weight is 563 g/mol. The third-order valence-electron chi connectivity index (χ3n) is 8.22. The average Bonchev–Trinajstić information content (AvgIpc) is 2.83. The lowest BCUT2D eigenvalue weighted by molar-refractivity contribution is -0.148. The van der Waals surface area contributed by atoms with Crippen molar-refractivity contribution in [2.24, 2.45) is 17.6 Å². The van der Waals surface area contributed by atoms with Crippen LogP contribution in [0.25, 0.3) is 0 Å². The number of phenols is 1. The first kappa shape index (κ1) is 27.7. The Morgan fingerprint density at radius 1 is 1.23 bits per heavy atom. The van der Waals surface area contributed by atoms with Crippen LogP contribution in [0.1, 0.15) is 22.3 Å². The Kier molecular flexibility index (Phi) is 6.47. The van der Waals surface area contributed by atoms with Gasteiger partial charge in [-0.2, -0.15) is 0 Å². The number of nitrogens with zero attached hydrogens (tertiary/aromatic N) is 2. The number of likely N-dealkylation sites (tertiary alicyclic amines) is 1. The number of anilines is 1. The van der Waals surface area contributed by atoms with Crippen LogP contribution in [0.2, 0.25) is 0 Å². The number of halogens is 2. The molecular weight excluding hydrogens is 534 g/mol. The molecule has 40 heavy (non-hydrogen) atoms. The topological polar surface area (TPSA) is 194 Å². The van der Waals surface area contributed by atoms with Crippen molar-refractivity contribution in [2.75, 3.05) is 39.0 Å². The van der Waals surface area contributed by atoms with Crippen LogP contribution in [-0.2, 0) is 20.8 Å². The normalized spacial score (nSPS) is 28.7. The Hall–Kier alpha value is -3.88. The highest BCUT2D eigenvalue weighted by Crippen LogP contribution is 2.53. The predicted molar refractivity (Wildman–Crippen MR) is 134 cm³/mol. The first-order valence-corrected chi connectivity index (χ1v) is 12.5. The second-order valence-corrected chi connectivity index (χ2v) is 10.9. The summed E-state index contributed by atoms with van der Waals surface area (Å²) in [5.74, 6) is -10.2. The molecule has 1 fully saturated rings. The van der Waals surface area contributed by atoms with E-state index in [0.717, 1.165) is 6.07 Å².